The van der Waals surface area contributed by atoms with Crippen LogP contribution in [0.25, 0.3) is 0 Å². The van der Waals surface area contributed by atoms with Crippen molar-refractivity contribution in [2.45, 2.75) is 25.2 Å². The van der Waals surface area contributed by atoms with Gasteiger partial charge in [-0.3, -0.25) is 9.69 Å². The maximum atomic E-state index is 12.6. The molecule has 2 heterocycles. The van der Waals surface area contributed by atoms with Gasteiger partial charge in [0.05, 0.1) is 13.2 Å². The van der Waals surface area contributed by atoms with E-state index in [0.29, 0.717) is 34.4 Å². The number of ketones is 1. The maximum Gasteiger partial charge on any atom is 0.193 e. The van der Waals surface area contributed by atoms with Crippen LogP contribution in [0.2, 0.25) is 10.0 Å². The van der Waals surface area contributed by atoms with Crippen molar-refractivity contribution in [1.29, 1.82) is 0 Å². The van der Waals surface area contributed by atoms with E-state index < -0.39 is 0 Å². The molecular weight excluding hydrogens is 385 g/mol. The van der Waals surface area contributed by atoms with Crippen LogP contribution in [0.1, 0.15) is 34.3 Å². The first-order valence-corrected chi connectivity index (χ1v) is 9.89. The van der Waals surface area contributed by atoms with Crippen molar-refractivity contribution >= 4 is 29.0 Å². The third-order valence-corrected chi connectivity index (χ3v) is 5.61. The Bertz CT molecular complexity index is 802. The molecule has 0 aromatic heterocycles. The van der Waals surface area contributed by atoms with E-state index in [9.17, 15) is 4.79 Å². The normalized spacial score (nSPS) is 19.5. The number of nitrogens with zero attached hydrogens (tertiary/aromatic N) is 1. The Morgan fingerprint density at radius 2 is 1.52 bits per heavy atom. The Labute approximate surface area is 169 Å². The summed E-state index contributed by atoms with van der Waals surface area (Å²) >= 11 is 12.0. The number of ether oxygens (including phenoxy) is 2. The highest BCUT2D eigenvalue weighted by molar-refractivity contribution is 6.35. The fourth-order valence-electron chi connectivity index (χ4n) is 3.71. The van der Waals surface area contributed by atoms with Gasteiger partial charge in [-0.15, -0.1) is 0 Å². The number of likely N-dealkylation sites (tertiary alicyclic amines) is 1. The van der Waals surface area contributed by atoms with Crippen molar-refractivity contribution in [2.24, 2.45) is 0 Å². The lowest BCUT2D eigenvalue weighted by Crippen LogP contribution is -2.44. The number of halogens is 2. The van der Waals surface area contributed by atoms with Gasteiger partial charge in [-0.2, -0.15) is 0 Å². The molecule has 2 aromatic rings. The summed E-state index contributed by atoms with van der Waals surface area (Å²) in [6, 6.07) is 12.6. The second kappa shape index (κ2) is 7.90. The van der Waals surface area contributed by atoms with Crippen LogP contribution in [-0.2, 0) is 16.0 Å². The van der Waals surface area contributed by atoms with Crippen LogP contribution in [0.3, 0.4) is 0 Å². The highest BCUT2D eigenvalue weighted by Crippen LogP contribution is 2.31. The van der Waals surface area contributed by atoms with E-state index in [2.05, 4.69) is 4.90 Å². The van der Waals surface area contributed by atoms with E-state index in [1.807, 2.05) is 24.3 Å². The highest BCUT2D eigenvalue weighted by atomic mass is 35.5. The smallest absolute Gasteiger partial charge is 0.193 e. The number of carbonyl (C=O) groups is 1. The fourth-order valence-corrected chi connectivity index (χ4v) is 4.23. The number of hydrogen-bond donors (Lipinski definition) is 0. The summed E-state index contributed by atoms with van der Waals surface area (Å²) in [4.78, 5) is 15.0. The van der Waals surface area contributed by atoms with Crippen molar-refractivity contribution in [3.63, 3.8) is 0 Å². The van der Waals surface area contributed by atoms with E-state index in [0.717, 1.165) is 32.5 Å². The standard InChI is InChI=1S/C21H21Cl2NO3/c22-18-11-17(12-19(23)13-18)20(25)16-3-1-15(2-4-16)14-24-7-5-21(6-8-24)26-9-10-27-21/h1-4,11-13H,5-10,14H2. The maximum absolute atomic E-state index is 12.6. The fraction of sp³-hybridized carbons (Fsp3) is 0.381. The minimum absolute atomic E-state index is 0.0820. The topological polar surface area (TPSA) is 38.8 Å². The zero-order chi connectivity index (χ0) is 18.9. The van der Waals surface area contributed by atoms with Crippen LogP contribution in [0, 0.1) is 0 Å². The average molecular weight is 406 g/mol. The quantitative estimate of drug-likeness (QED) is 0.698. The first kappa shape index (κ1) is 18.9. The summed E-state index contributed by atoms with van der Waals surface area (Å²) in [5, 5.41) is 0.918. The van der Waals surface area contributed by atoms with Gasteiger partial charge in [0.25, 0.3) is 0 Å². The Morgan fingerprint density at radius 1 is 0.926 bits per heavy atom. The van der Waals surface area contributed by atoms with E-state index >= 15 is 0 Å². The molecule has 2 aromatic carbocycles. The van der Waals surface area contributed by atoms with E-state index in [4.69, 9.17) is 32.7 Å². The molecule has 0 aliphatic carbocycles. The molecule has 4 nitrogen and oxygen atoms in total. The Hall–Kier alpha value is -1.43. The second-order valence-corrected chi connectivity index (χ2v) is 7.94. The van der Waals surface area contributed by atoms with E-state index in [-0.39, 0.29) is 11.6 Å². The predicted octanol–water partition coefficient (Wildman–Crippen LogP) is 4.56. The van der Waals surface area contributed by atoms with Gasteiger partial charge in [-0.05, 0) is 23.8 Å². The molecule has 0 amide bonds. The molecule has 0 saturated carbocycles. The van der Waals surface area contributed by atoms with Crippen molar-refractivity contribution < 1.29 is 14.3 Å². The molecule has 4 rings (SSSR count). The zero-order valence-corrected chi connectivity index (χ0v) is 16.4. The minimum atomic E-state index is -0.342. The van der Waals surface area contributed by atoms with E-state index in [1.54, 1.807) is 18.2 Å². The molecule has 6 heteroatoms. The van der Waals surface area contributed by atoms with Crippen LogP contribution < -0.4 is 0 Å². The highest BCUT2D eigenvalue weighted by Gasteiger charge is 2.39. The molecule has 1 spiro atoms. The Kier molecular flexibility index (Phi) is 5.53. The van der Waals surface area contributed by atoms with Gasteiger partial charge in [0, 0.05) is 53.6 Å². The van der Waals surface area contributed by atoms with Crippen LogP contribution in [-0.4, -0.2) is 42.8 Å². The third kappa shape index (κ3) is 4.36. The van der Waals surface area contributed by atoms with Crippen LogP contribution in [0.5, 0.6) is 0 Å². The lowest BCUT2D eigenvalue weighted by atomic mass is 10.0. The molecule has 2 fully saturated rings. The van der Waals surface area contributed by atoms with Crippen LogP contribution in [0.15, 0.2) is 42.5 Å². The van der Waals surface area contributed by atoms with Gasteiger partial charge in [0.2, 0.25) is 0 Å². The molecule has 0 atom stereocenters. The van der Waals surface area contributed by atoms with Crippen molar-refractivity contribution in [3.05, 3.63) is 69.2 Å². The molecule has 27 heavy (non-hydrogen) atoms. The van der Waals surface area contributed by atoms with Gasteiger partial charge >= 0.3 is 0 Å². The summed E-state index contributed by atoms with van der Waals surface area (Å²) in [5.74, 6) is -0.424. The summed E-state index contributed by atoms with van der Waals surface area (Å²) in [6.45, 7) is 4.15. The number of rotatable bonds is 4. The second-order valence-electron chi connectivity index (χ2n) is 7.07. The molecule has 0 radical (unpaired) electrons. The number of benzene rings is 2. The number of hydrogen-bond acceptors (Lipinski definition) is 4. The molecule has 2 aliphatic rings. The zero-order valence-electron chi connectivity index (χ0n) is 14.9. The number of carbonyl (C=O) groups excluding carboxylic acids is 1. The van der Waals surface area contributed by atoms with E-state index in [1.165, 1.54) is 5.56 Å². The first-order valence-electron chi connectivity index (χ1n) is 9.13. The van der Waals surface area contributed by atoms with Crippen LogP contribution >= 0.6 is 23.2 Å². The Morgan fingerprint density at radius 3 is 2.11 bits per heavy atom. The molecule has 0 bridgehead atoms. The summed E-state index contributed by atoms with van der Waals surface area (Å²) in [5.41, 5.74) is 2.31. The van der Waals surface area contributed by atoms with Crippen LogP contribution in [0.4, 0.5) is 0 Å². The minimum Gasteiger partial charge on any atom is -0.347 e. The largest absolute Gasteiger partial charge is 0.347 e. The van der Waals surface area contributed by atoms with Gasteiger partial charge in [-0.1, -0.05) is 47.5 Å². The third-order valence-electron chi connectivity index (χ3n) is 5.18. The van der Waals surface area contributed by atoms with Gasteiger partial charge in [-0.25, -0.2) is 0 Å². The van der Waals surface area contributed by atoms with Crippen molar-refractivity contribution in [2.75, 3.05) is 26.3 Å². The lowest BCUT2D eigenvalue weighted by molar-refractivity contribution is -0.185. The van der Waals surface area contributed by atoms with Gasteiger partial charge in [0.1, 0.15) is 0 Å². The average Bonchev–Trinajstić information content (AvgIpc) is 3.11. The first-order chi connectivity index (χ1) is 13.0. The molecule has 0 N–H and O–H groups in total. The van der Waals surface area contributed by atoms with Crippen molar-refractivity contribution in [1.82, 2.24) is 4.90 Å². The Balaban J connectivity index is 1.38. The summed E-state index contributed by atoms with van der Waals surface area (Å²) in [6.07, 6.45) is 1.80. The molecule has 0 unspecified atom stereocenters. The van der Waals surface area contributed by atoms with Gasteiger partial charge < -0.3 is 9.47 Å². The number of piperidine rings is 1. The molecule has 142 valence electrons. The SMILES string of the molecule is O=C(c1ccc(CN2CCC3(CC2)OCCO3)cc1)c1cc(Cl)cc(Cl)c1. The summed E-state index contributed by atoms with van der Waals surface area (Å²) < 4.78 is 11.6. The predicted molar refractivity (Wildman–Crippen MR) is 105 cm³/mol. The molecular formula is C21H21Cl2NO3. The van der Waals surface area contributed by atoms with Crippen molar-refractivity contribution in [3.8, 4) is 0 Å². The van der Waals surface area contributed by atoms with Gasteiger partial charge in [0.15, 0.2) is 11.6 Å². The molecule has 2 aliphatic heterocycles. The summed E-state index contributed by atoms with van der Waals surface area (Å²) in [7, 11) is 0. The lowest BCUT2D eigenvalue weighted by Gasteiger charge is -2.37. The monoisotopic (exact) mass is 405 g/mol. The molecule has 2 saturated heterocycles.